The Bertz CT molecular complexity index is 967. The first kappa shape index (κ1) is 15.8. The molecule has 0 radical (unpaired) electrons. The van der Waals surface area contributed by atoms with Gasteiger partial charge in [-0.2, -0.15) is 0 Å². The van der Waals surface area contributed by atoms with Crippen LogP contribution in [0.15, 0.2) is 58.4 Å². The van der Waals surface area contributed by atoms with Crippen LogP contribution < -0.4 is 16.6 Å². The number of nitrogens with zero attached hydrogens (tertiary/aromatic N) is 2. The van der Waals surface area contributed by atoms with Crippen LogP contribution in [0.5, 0.6) is 0 Å². The molecular weight excluding hydrogens is 308 g/mol. The highest BCUT2D eigenvalue weighted by atomic mass is 16.2. The van der Waals surface area contributed by atoms with Gasteiger partial charge in [-0.15, -0.1) is 0 Å². The Morgan fingerprint density at radius 3 is 2.62 bits per heavy atom. The van der Waals surface area contributed by atoms with Crippen LogP contribution in [0.25, 0.3) is 10.9 Å². The molecule has 2 heterocycles. The van der Waals surface area contributed by atoms with Gasteiger partial charge in [0.25, 0.3) is 5.56 Å². The van der Waals surface area contributed by atoms with Crippen LogP contribution in [0.3, 0.4) is 0 Å². The van der Waals surface area contributed by atoms with Crippen molar-refractivity contribution >= 4 is 16.8 Å². The summed E-state index contributed by atoms with van der Waals surface area (Å²) in [7, 11) is 0. The number of nitrogens with one attached hydrogen (secondary N) is 2. The molecule has 7 heteroatoms. The summed E-state index contributed by atoms with van der Waals surface area (Å²) < 4.78 is 3.39. The fraction of sp³-hybridized carbons (Fsp3) is 0.235. The first-order chi connectivity index (χ1) is 11.6. The summed E-state index contributed by atoms with van der Waals surface area (Å²) in [6.07, 6.45) is 3.56. The Kier molecular flexibility index (Phi) is 4.60. The number of para-hydroxylation sites is 1. The van der Waals surface area contributed by atoms with Crippen molar-refractivity contribution in [1.29, 1.82) is 0 Å². The minimum atomic E-state index is -0.505. The number of carbonyl (C=O) groups excluding carboxylic acids is 1. The van der Waals surface area contributed by atoms with Crippen LogP contribution in [0.4, 0.5) is 0 Å². The van der Waals surface area contributed by atoms with E-state index in [9.17, 15) is 14.4 Å². The van der Waals surface area contributed by atoms with Crippen molar-refractivity contribution in [2.45, 2.75) is 19.5 Å². The van der Waals surface area contributed by atoms with E-state index in [2.05, 4.69) is 14.9 Å². The number of hydrogen-bond acceptors (Lipinski definition) is 3. The number of carbonyl (C=O) groups is 1. The molecule has 24 heavy (non-hydrogen) atoms. The van der Waals surface area contributed by atoms with Gasteiger partial charge >= 0.3 is 5.69 Å². The van der Waals surface area contributed by atoms with Gasteiger partial charge in [0.1, 0.15) is 0 Å². The Balaban J connectivity index is 1.49. The lowest BCUT2D eigenvalue weighted by Crippen LogP contribution is -2.32. The van der Waals surface area contributed by atoms with Crippen molar-refractivity contribution < 1.29 is 4.79 Å². The summed E-state index contributed by atoms with van der Waals surface area (Å²) in [6.45, 7) is 1.42. The molecule has 0 fully saturated rings. The van der Waals surface area contributed by atoms with Crippen LogP contribution in [-0.4, -0.2) is 26.6 Å². The monoisotopic (exact) mass is 326 g/mol. The van der Waals surface area contributed by atoms with E-state index in [0.29, 0.717) is 13.1 Å². The number of rotatable bonds is 6. The molecule has 2 aromatic heterocycles. The molecule has 0 atom stereocenters. The molecule has 3 rings (SSSR count). The molecule has 2 N–H and O–H groups in total. The molecule has 0 saturated heterocycles. The third-order valence-electron chi connectivity index (χ3n) is 3.83. The van der Waals surface area contributed by atoms with Crippen molar-refractivity contribution in [2.75, 3.05) is 6.54 Å². The first-order valence-corrected chi connectivity index (χ1v) is 7.74. The highest BCUT2D eigenvalue weighted by Crippen LogP contribution is 2.14. The molecule has 7 nitrogen and oxygen atoms in total. The molecule has 0 aliphatic carbocycles. The third-order valence-corrected chi connectivity index (χ3v) is 3.83. The predicted molar refractivity (Wildman–Crippen MR) is 90.9 cm³/mol. The maximum absolute atomic E-state index is 11.9. The largest absolute Gasteiger partial charge is 0.354 e. The first-order valence-electron chi connectivity index (χ1n) is 7.74. The maximum Gasteiger partial charge on any atom is 0.328 e. The third kappa shape index (κ3) is 3.62. The van der Waals surface area contributed by atoms with Crippen molar-refractivity contribution in [3.63, 3.8) is 0 Å². The number of H-pyrrole nitrogens is 1. The number of amides is 1. The average molecular weight is 326 g/mol. The van der Waals surface area contributed by atoms with E-state index in [1.54, 1.807) is 0 Å². The highest BCUT2D eigenvalue weighted by molar-refractivity contribution is 5.80. The van der Waals surface area contributed by atoms with E-state index in [1.807, 2.05) is 36.5 Å². The van der Waals surface area contributed by atoms with Gasteiger partial charge in [0.15, 0.2) is 0 Å². The zero-order chi connectivity index (χ0) is 16.9. The summed E-state index contributed by atoms with van der Waals surface area (Å²) in [6, 6.07) is 11.4. The molecule has 0 aliphatic heterocycles. The standard InChI is InChI=1S/C17H18N4O3/c22-15(6-10-21-11-7-16(23)19-17(21)24)18-8-12-20-9-5-13-3-1-2-4-14(13)20/h1-5,7,9,11H,6,8,10,12H2,(H,18,22)(H,19,23,24). The van der Waals surface area contributed by atoms with E-state index >= 15 is 0 Å². The lowest BCUT2D eigenvalue weighted by atomic mass is 10.2. The van der Waals surface area contributed by atoms with Gasteiger partial charge in [0.2, 0.25) is 5.91 Å². The molecule has 0 spiro atoms. The Morgan fingerprint density at radius 1 is 1.00 bits per heavy atom. The minimum Gasteiger partial charge on any atom is -0.354 e. The summed E-state index contributed by atoms with van der Waals surface area (Å²) in [4.78, 5) is 36.5. The SMILES string of the molecule is O=C(CCn1ccc(=O)[nH]c1=O)NCCn1ccc2ccccc21. The second-order valence-corrected chi connectivity index (χ2v) is 5.47. The normalized spacial score (nSPS) is 10.8. The van der Waals surface area contributed by atoms with Crippen molar-refractivity contribution in [3.8, 4) is 0 Å². The molecule has 1 amide bonds. The lowest BCUT2D eigenvalue weighted by Gasteiger charge is -2.08. The number of benzene rings is 1. The maximum atomic E-state index is 11.9. The van der Waals surface area contributed by atoms with Crippen LogP contribution in [0.2, 0.25) is 0 Å². The number of aromatic nitrogens is 3. The van der Waals surface area contributed by atoms with Gasteiger partial charge in [-0.05, 0) is 17.5 Å². The van der Waals surface area contributed by atoms with Crippen molar-refractivity contribution in [2.24, 2.45) is 0 Å². The number of fused-ring (bicyclic) bond motifs is 1. The summed E-state index contributed by atoms with van der Waals surface area (Å²) in [5.41, 5.74) is 0.181. The highest BCUT2D eigenvalue weighted by Gasteiger charge is 2.04. The predicted octanol–water partition coefficient (Wildman–Crippen LogP) is 0.698. The lowest BCUT2D eigenvalue weighted by molar-refractivity contribution is -0.121. The van der Waals surface area contributed by atoms with Crippen LogP contribution in [-0.2, 0) is 17.9 Å². The molecule has 0 aliphatic rings. The number of aryl methyl sites for hydroxylation is 1. The Morgan fingerprint density at radius 2 is 1.79 bits per heavy atom. The van der Waals surface area contributed by atoms with E-state index in [-0.39, 0.29) is 18.9 Å². The Labute approximate surface area is 137 Å². The fourth-order valence-corrected chi connectivity index (χ4v) is 2.58. The van der Waals surface area contributed by atoms with Gasteiger partial charge in [-0.3, -0.25) is 14.6 Å². The van der Waals surface area contributed by atoms with Crippen molar-refractivity contribution in [3.05, 3.63) is 69.6 Å². The summed E-state index contributed by atoms with van der Waals surface area (Å²) in [5.74, 6) is -0.135. The topological polar surface area (TPSA) is 88.9 Å². The molecular formula is C17H18N4O3. The van der Waals surface area contributed by atoms with Crippen molar-refractivity contribution in [1.82, 2.24) is 19.4 Å². The number of aromatic amines is 1. The van der Waals surface area contributed by atoms with Gasteiger partial charge in [-0.1, -0.05) is 18.2 Å². The summed E-state index contributed by atoms with van der Waals surface area (Å²) >= 11 is 0. The molecule has 1 aromatic carbocycles. The molecule has 124 valence electrons. The van der Waals surface area contributed by atoms with E-state index in [0.717, 1.165) is 5.52 Å². The second-order valence-electron chi connectivity index (χ2n) is 5.47. The van der Waals surface area contributed by atoms with E-state index in [1.165, 1.54) is 22.2 Å². The zero-order valence-corrected chi connectivity index (χ0v) is 13.1. The molecule has 0 bridgehead atoms. The second kappa shape index (κ2) is 6.99. The minimum absolute atomic E-state index is 0.135. The van der Waals surface area contributed by atoms with Crippen LogP contribution in [0.1, 0.15) is 6.42 Å². The summed E-state index contributed by atoms with van der Waals surface area (Å²) in [5, 5.41) is 4.01. The molecule has 0 saturated carbocycles. The molecule has 0 unspecified atom stereocenters. The van der Waals surface area contributed by atoms with Gasteiger partial charge in [0.05, 0.1) is 0 Å². The van der Waals surface area contributed by atoms with Crippen LogP contribution >= 0.6 is 0 Å². The van der Waals surface area contributed by atoms with Gasteiger partial charge < -0.3 is 14.5 Å². The van der Waals surface area contributed by atoms with E-state index in [4.69, 9.17) is 0 Å². The average Bonchev–Trinajstić information content (AvgIpc) is 2.97. The fourth-order valence-electron chi connectivity index (χ4n) is 2.58. The van der Waals surface area contributed by atoms with E-state index < -0.39 is 11.2 Å². The van der Waals surface area contributed by atoms with Crippen LogP contribution in [0, 0.1) is 0 Å². The smallest absolute Gasteiger partial charge is 0.328 e. The number of hydrogen-bond donors (Lipinski definition) is 2. The van der Waals surface area contributed by atoms with Gasteiger partial charge in [-0.25, -0.2) is 4.79 Å². The zero-order valence-electron chi connectivity index (χ0n) is 13.1. The quantitative estimate of drug-likeness (QED) is 0.699. The van der Waals surface area contributed by atoms with Gasteiger partial charge in [0, 0.05) is 50.0 Å². The Hall–Kier alpha value is -3.09. The molecule has 3 aromatic rings.